The number of halogens is 1. The van der Waals surface area contributed by atoms with Gasteiger partial charge in [-0.15, -0.1) is 12.4 Å². The summed E-state index contributed by atoms with van der Waals surface area (Å²) in [4.78, 5) is 17.8. The maximum atomic E-state index is 12.8. The molecule has 0 spiro atoms. The summed E-state index contributed by atoms with van der Waals surface area (Å²) >= 11 is 0. The van der Waals surface area contributed by atoms with Crippen molar-refractivity contribution in [2.75, 3.05) is 39.8 Å². The number of hydrogen-bond donors (Lipinski definition) is 1. The van der Waals surface area contributed by atoms with Crippen LogP contribution in [-0.4, -0.2) is 67.1 Å². The van der Waals surface area contributed by atoms with Gasteiger partial charge in [-0.3, -0.25) is 9.69 Å². The number of carbonyl (C=O) groups is 1. The number of nitrogens with one attached hydrogen (secondary N) is 1. The lowest BCUT2D eigenvalue weighted by atomic mass is 9.79. The number of likely N-dealkylation sites (N-methyl/N-ethyl adjacent to an activating group) is 1. The molecule has 1 saturated carbocycles. The molecule has 1 aromatic rings. The summed E-state index contributed by atoms with van der Waals surface area (Å²) in [5, 5.41) is 3.23. The second-order valence-corrected chi connectivity index (χ2v) is 8.80. The van der Waals surface area contributed by atoms with Crippen molar-refractivity contribution in [1.82, 2.24) is 15.1 Å². The SMILES string of the molecule is Cc1ccc(OC(C)C(=O)NCC2(N3CCN(C)CC3)CCCCC2)cc1C.Cl. The zero-order chi connectivity index (χ0) is 20.1. The van der Waals surface area contributed by atoms with Crippen molar-refractivity contribution >= 4 is 18.3 Å². The molecule has 1 aliphatic carbocycles. The van der Waals surface area contributed by atoms with Gasteiger partial charge in [0, 0.05) is 38.3 Å². The zero-order valence-corrected chi connectivity index (χ0v) is 19.3. The molecule has 1 aromatic carbocycles. The van der Waals surface area contributed by atoms with Crippen molar-refractivity contribution in [1.29, 1.82) is 0 Å². The molecule has 1 aliphatic heterocycles. The molecule has 6 heteroatoms. The summed E-state index contributed by atoms with van der Waals surface area (Å²) in [5.74, 6) is 0.745. The molecule has 2 aliphatic rings. The van der Waals surface area contributed by atoms with Crippen LogP contribution in [0.25, 0.3) is 0 Å². The van der Waals surface area contributed by atoms with E-state index in [1.165, 1.54) is 43.2 Å². The molecule has 1 N–H and O–H groups in total. The molecular formula is C23H38ClN3O2. The van der Waals surface area contributed by atoms with E-state index in [0.717, 1.165) is 38.5 Å². The van der Waals surface area contributed by atoms with Crippen molar-refractivity contribution in [2.24, 2.45) is 0 Å². The first-order chi connectivity index (χ1) is 13.4. The minimum absolute atomic E-state index is 0. The van der Waals surface area contributed by atoms with E-state index >= 15 is 0 Å². The van der Waals surface area contributed by atoms with Crippen LogP contribution in [0.3, 0.4) is 0 Å². The highest BCUT2D eigenvalue weighted by molar-refractivity contribution is 5.85. The molecule has 1 atom stereocenters. The molecule has 1 unspecified atom stereocenters. The molecule has 1 amide bonds. The van der Waals surface area contributed by atoms with Gasteiger partial charge >= 0.3 is 0 Å². The largest absolute Gasteiger partial charge is 0.481 e. The molecular weight excluding hydrogens is 386 g/mol. The predicted molar refractivity (Wildman–Crippen MR) is 121 cm³/mol. The minimum atomic E-state index is -0.491. The van der Waals surface area contributed by atoms with Crippen LogP contribution in [0, 0.1) is 13.8 Å². The van der Waals surface area contributed by atoms with Gasteiger partial charge < -0.3 is 15.0 Å². The quantitative estimate of drug-likeness (QED) is 0.759. The average Bonchev–Trinajstić information content (AvgIpc) is 2.70. The summed E-state index contributed by atoms with van der Waals surface area (Å²) in [6.45, 7) is 11.1. The minimum Gasteiger partial charge on any atom is -0.481 e. The van der Waals surface area contributed by atoms with E-state index in [0.29, 0.717) is 0 Å². The van der Waals surface area contributed by atoms with Crippen molar-refractivity contribution in [2.45, 2.75) is 64.5 Å². The van der Waals surface area contributed by atoms with Gasteiger partial charge in [0.25, 0.3) is 5.91 Å². The standard InChI is InChI=1S/C23H37N3O2.ClH/c1-18-8-9-21(16-19(18)2)28-20(3)22(27)24-17-23(10-6-5-7-11-23)26-14-12-25(4)13-15-26;/h8-9,16,20H,5-7,10-15,17H2,1-4H3,(H,24,27);1H. The number of hydrogen-bond acceptors (Lipinski definition) is 4. The lowest BCUT2D eigenvalue weighted by molar-refractivity contribution is -0.128. The van der Waals surface area contributed by atoms with Gasteiger partial charge in [0.2, 0.25) is 0 Å². The third-order valence-corrected chi connectivity index (χ3v) is 6.71. The van der Waals surface area contributed by atoms with E-state index in [2.05, 4.69) is 36.0 Å². The van der Waals surface area contributed by atoms with Crippen LogP contribution in [0.4, 0.5) is 0 Å². The number of amides is 1. The number of benzene rings is 1. The maximum Gasteiger partial charge on any atom is 0.260 e. The summed E-state index contributed by atoms with van der Waals surface area (Å²) in [5.41, 5.74) is 2.53. The van der Waals surface area contributed by atoms with Gasteiger partial charge in [-0.25, -0.2) is 0 Å². The number of piperazine rings is 1. The first kappa shape index (κ1) is 24.0. The molecule has 1 saturated heterocycles. The molecule has 0 bridgehead atoms. The Morgan fingerprint density at radius 1 is 1.10 bits per heavy atom. The van der Waals surface area contributed by atoms with Crippen LogP contribution in [0.2, 0.25) is 0 Å². The zero-order valence-electron chi connectivity index (χ0n) is 18.5. The molecule has 5 nitrogen and oxygen atoms in total. The van der Waals surface area contributed by atoms with Crippen molar-refractivity contribution < 1.29 is 9.53 Å². The molecule has 0 radical (unpaired) electrons. The van der Waals surface area contributed by atoms with E-state index in [-0.39, 0.29) is 23.9 Å². The fourth-order valence-corrected chi connectivity index (χ4v) is 4.54. The van der Waals surface area contributed by atoms with Crippen LogP contribution >= 0.6 is 12.4 Å². The number of ether oxygens (including phenoxy) is 1. The molecule has 0 aromatic heterocycles. The van der Waals surface area contributed by atoms with Gasteiger partial charge in [-0.05, 0) is 63.9 Å². The van der Waals surface area contributed by atoms with E-state index in [1.54, 1.807) is 0 Å². The molecule has 29 heavy (non-hydrogen) atoms. The number of carbonyl (C=O) groups excluding carboxylic acids is 1. The summed E-state index contributed by atoms with van der Waals surface area (Å²) < 4.78 is 5.91. The van der Waals surface area contributed by atoms with E-state index in [1.807, 2.05) is 25.1 Å². The van der Waals surface area contributed by atoms with Crippen LogP contribution < -0.4 is 10.1 Å². The van der Waals surface area contributed by atoms with Crippen molar-refractivity contribution in [3.8, 4) is 5.75 Å². The second-order valence-electron chi connectivity index (χ2n) is 8.80. The fraction of sp³-hybridized carbons (Fsp3) is 0.696. The van der Waals surface area contributed by atoms with Crippen LogP contribution in [0.15, 0.2) is 18.2 Å². The Balaban J connectivity index is 0.00000300. The highest BCUT2D eigenvalue weighted by Gasteiger charge is 2.39. The normalized spacial score (nSPS) is 21.1. The highest BCUT2D eigenvalue weighted by atomic mass is 35.5. The second kappa shape index (κ2) is 10.6. The summed E-state index contributed by atoms with van der Waals surface area (Å²) in [6, 6.07) is 5.99. The lowest BCUT2D eigenvalue weighted by Crippen LogP contribution is -2.62. The molecule has 3 rings (SSSR count). The van der Waals surface area contributed by atoms with E-state index in [4.69, 9.17) is 4.74 Å². The Kier molecular flexibility index (Phi) is 8.80. The van der Waals surface area contributed by atoms with Crippen LogP contribution in [0.1, 0.15) is 50.2 Å². The summed E-state index contributed by atoms with van der Waals surface area (Å²) in [6.07, 6.45) is 5.71. The smallest absolute Gasteiger partial charge is 0.260 e. The van der Waals surface area contributed by atoms with Gasteiger partial charge in [-0.1, -0.05) is 25.3 Å². The highest BCUT2D eigenvalue weighted by Crippen LogP contribution is 2.34. The Morgan fingerprint density at radius 3 is 2.38 bits per heavy atom. The number of rotatable bonds is 6. The van der Waals surface area contributed by atoms with Gasteiger partial charge in [-0.2, -0.15) is 0 Å². The average molecular weight is 424 g/mol. The summed E-state index contributed by atoms with van der Waals surface area (Å²) in [7, 11) is 2.19. The molecule has 2 fully saturated rings. The Morgan fingerprint density at radius 2 is 1.76 bits per heavy atom. The first-order valence-corrected chi connectivity index (χ1v) is 10.8. The van der Waals surface area contributed by atoms with Crippen LogP contribution in [-0.2, 0) is 4.79 Å². The van der Waals surface area contributed by atoms with Gasteiger partial charge in [0.15, 0.2) is 6.10 Å². The molecule has 164 valence electrons. The number of aryl methyl sites for hydroxylation is 2. The fourth-order valence-electron chi connectivity index (χ4n) is 4.54. The van der Waals surface area contributed by atoms with Gasteiger partial charge in [0.05, 0.1) is 0 Å². The third kappa shape index (κ3) is 6.09. The predicted octanol–water partition coefficient (Wildman–Crippen LogP) is 3.56. The van der Waals surface area contributed by atoms with Crippen LogP contribution in [0.5, 0.6) is 5.75 Å². The molecule has 1 heterocycles. The van der Waals surface area contributed by atoms with E-state index < -0.39 is 6.10 Å². The topological polar surface area (TPSA) is 44.8 Å². The van der Waals surface area contributed by atoms with Crippen molar-refractivity contribution in [3.05, 3.63) is 29.3 Å². The Labute approximate surface area is 182 Å². The first-order valence-electron chi connectivity index (χ1n) is 10.8. The Bertz CT molecular complexity index is 668. The maximum absolute atomic E-state index is 12.8. The number of nitrogens with zero attached hydrogens (tertiary/aromatic N) is 2. The third-order valence-electron chi connectivity index (χ3n) is 6.71. The van der Waals surface area contributed by atoms with Crippen molar-refractivity contribution in [3.63, 3.8) is 0 Å². The monoisotopic (exact) mass is 423 g/mol. The lowest BCUT2D eigenvalue weighted by Gasteiger charge is -2.49. The van der Waals surface area contributed by atoms with Gasteiger partial charge in [0.1, 0.15) is 5.75 Å². The van der Waals surface area contributed by atoms with E-state index in [9.17, 15) is 4.79 Å². The Hall–Kier alpha value is -1.30.